The van der Waals surface area contributed by atoms with Gasteiger partial charge < -0.3 is 9.55 Å². The summed E-state index contributed by atoms with van der Waals surface area (Å²) >= 11 is 5.05. The second-order valence-electron chi connectivity index (χ2n) is 2.81. The van der Waals surface area contributed by atoms with E-state index in [-0.39, 0.29) is 5.56 Å². The molecule has 0 spiro atoms. The van der Waals surface area contributed by atoms with E-state index in [2.05, 4.69) is 9.97 Å². The molecule has 0 fully saturated rings. The summed E-state index contributed by atoms with van der Waals surface area (Å²) < 4.78 is 3.57. The molecule has 2 heterocycles. The summed E-state index contributed by atoms with van der Waals surface area (Å²) in [5.41, 5.74) is 0.933. The average Bonchev–Trinajstić information content (AvgIpc) is 2.59. The first kappa shape index (κ1) is 8.18. The van der Waals surface area contributed by atoms with Gasteiger partial charge in [0.25, 0.3) is 5.56 Å². The summed E-state index contributed by atoms with van der Waals surface area (Å²) in [5.74, 6) is 0. The van der Waals surface area contributed by atoms with Crippen molar-refractivity contribution in [3.63, 3.8) is 0 Å². The number of aryl methyl sites for hydroxylation is 1. The lowest BCUT2D eigenvalue weighted by molar-refractivity contribution is 0.741. The highest BCUT2D eigenvalue weighted by atomic mass is 32.1. The lowest BCUT2D eigenvalue weighted by Gasteiger charge is -2.03. The number of hydrogen-bond donors (Lipinski definition) is 1. The standard InChI is InChI=1S/C7H8N4OS/c1-10-5-4(8-3-9-5)6(12)11(2)7(10)13/h3H,1-2H3,(H,8,9). The Morgan fingerprint density at radius 1 is 1.46 bits per heavy atom. The van der Waals surface area contributed by atoms with Crippen molar-refractivity contribution in [2.45, 2.75) is 0 Å². The quantitative estimate of drug-likeness (QED) is 0.618. The third kappa shape index (κ3) is 0.951. The second kappa shape index (κ2) is 2.53. The number of hydrogen-bond acceptors (Lipinski definition) is 3. The van der Waals surface area contributed by atoms with Crippen molar-refractivity contribution in [1.82, 2.24) is 19.1 Å². The first-order chi connectivity index (χ1) is 6.13. The second-order valence-corrected chi connectivity index (χ2v) is 3.17. The van der Waals surface area contributed by atoms with Gasteiger partial charge in [-0.15, -0.1) is 0 Å². The van der Waals surface area contributed by atoms with E-state index in [1.165, 1.54) is 10.9 Å². The Labute approximate surface area is 78.7 Å². The van der Waals surface area contributed by atoms with E-state index in [9.17, 15) is 4.79 Å². The maximum atomic E-state index is 11.6. The average molecular weight is 196 g/mol. The van der Waals surface area contributed by atoms with Crippen LogP contribution in [0.5, 0.6) is 0 Å². The lowest BCUT2D eigenvalue weighted by atomic mass is 10.5. The summed E-state index contributed by atoms with van der Waals surface area (Å²) in [6, 6.07) is 0. The predicted octanol–water partition coefficient (Wildman–Crippen LogP) is 0.330. The minimum atomic E-state index is -0.143. The highest BCUT2D eigenvalue weighted by molar-refractivity contribution is 7.71. The van der Waals surface area contributed by atoms with Crippen LogP contribution in [-0.2, 0) is 14.1 Å². The van der Waals surface area contributed by atoms with Gasteiger partial charge in [0.15, 0.2) is 10.4 Å². The number of fused-ring (bicyclic) bond motifs is 1. The van der Waals surface area contributed by atoms with E-state index < -0.39 is 0 Å². The van der Waals surface area contributed by atoms with Crippen LogP contribution in [0.4, 0.5) is 0 Å². The van der Waals surface area contributed by atoms with Crippen LogP contribution < -0.4 is 5.56 Å². The third-order valence-corrected chi connectivity index (χ3v) is 2.58. The van der Waals surface area contributed by atoms with E-state index in [0.29, 0.717) is 15.9 Å². The number of H-pyrrole nitrogens is 1. The number of rotatable bonds is 0. The Morgan fingerprint density at radius 2 is 2.15 bits per heavy atom. The zero-order valence-corrected chi connectivity index (χ0v) is 8.05. The van der Waals surface area contributed by atoms with E-state index in [1.54, 1.807) is 18.7 Å². The van der Waals surface area contributed by atoms with E-state index in [4.69, 9.17) is 12.2 Å². The Balaban J connectivity index is 3.21. The molecule has 68 valence electrons. The minimum Gasteiger partial charge on any atom is -0.339 e. The van der Waals surface area contributed by atoms with Crippen molar-refractivity contribution < 1.29 is 0 Å². The fourth-order valence-electron chi connectivity index (χ4n) is 1.27. The molecule has 0 radical (unpaired) electrons. The van der Waals surface area contributed by atoms with Gasteiger partial charge in [0.2, 0.25) is 0 Å². The van der Waals surface area contributed by atoms with Gasteiger partial charge in [-0.3, -0.25) is 9.36 Å². The molecule has 6 heteroatoms. The molecule has 2 aromatic rings. The number of nitrogens with one attached hydrogen (secondary N) is 1. The van der Waals surface area contributed by atoms with E-state index >= 15 is 0 Å². The molecular weight excluding hydrogens is 188 g/mol. The molecule has 2 aromatic heterocycles. The maximum absolute atomic E-state index is 11.6. The highest BCUT2D eigenvalue weighted by Crippen LogP contribution is 2.02. The van der Waals surface area contributed by atoms with E-state index in [0.717, 1.165) is 0 Å². The summed E-state index contributed by atoms with van der Waals surface area (Å²) in [6.07, 6.45) is 1.49. The van der Waals surface area contributed by atoms with Crippen LogP contribution in [0.3, 0.4) is 0 Å². The first-order valence-corrected chi connectivity index (χ1v) is 4.13. The van der Waals surface area contributed by atoms with Crippen LogP contribution in [0, 0.1) is 4.77 Å². The molecule has 0 aliphatic carbocycles. The molecule has 0 unspecified atom stereocenters. The van der Waals surface area contributed by atoms with Gasteiger partial charge in [-0.05, 0) is 12.2 Å². The number of nitrogens with zero attached hydrogens (tertiary/aromatic N) is 3. The Hall–Kier alpha value is -1.43. The Kier molecular flexibility index (Phi) is 1.59. The number of imidazole rings is 1. The van der Waals surface area contributed by atoms with Crippen molar-refractivity contribution in [3.05, 3.63) is 21.5 Å². The SMILES string of the molecule is Cn1c(=O)c2[nH]cnc2n(C)c1=S. The largest absolute Gasteiger partial charge is 0.339 e. The normalized spacial score (nSPS) is 10.9. The van der Waals surface area contributed by atoms with Gasteiger partial charge in [0.1, 0.15) is 5.52 Å². The van der Waals surface area contributed by atoms with Gasteiger partial charge in [-0.1, -0.05) is 0 Å². The zero-order chi connectivity index (χ0) is 9.59. The lowest BCUT2D eigenvalue weighted by Crippen LogP contribution is -2.21. The van der Waals surface area contributed by atoms with Gasteiger partial charge in [-0.2, -0.15) is 0 Å². The molecule has 0 saturated heterocycles. The summed E-state index contributed by atoms with van der Waals surface area (Å²) in [6.45, 7) is 0. The third-order valence-electron chi connectivity index (χ3n) is 2.03. The van der Waals surface area contributed by atoms with Gasteiger partial charge in [0, 0.05) is 14.1 Å². The molecule has 0 amide bonds. The molecule has 0 atom stereocenters. The van der Waals surface area contributed by atoms with Gasteiger partial charge in [0.05, 0.1) is 6.33 Å². The van der Waals surface area contributed by atoms with Crippen LogP contribution in [-0.4, -0.2) is 19.1 Å². The monoisotopic (exact) mass is 196 g/mol. The van der Waals surface area contributed by atoms with Crippen LogP contribution in [0.2, 0.25) is 0 Å². The summed E-state index contributed by atoms with van der Waals surface area (Å²) in [4.78, 5) is 18.4. The number of aromatic nitrogens is 4. The topological polar surface area (TPSA) is 55.6 Å². The Morgan fingerprint density at radius 3 is 2.85 bits per heavy atom. The molecule has 13 heavy (non-hydrogen) atoms. The van der Waals surface area contributed by atoms with Crippen LogP contribution in [0.15, 0.2) is 11.1 Å². The fraction of sp³-hybridized carbons (Fsp3) is 0.286. The van der Waals surface area contributed by atoms with Crippen molar-refractivity contribution >= 4 is 23.4 Å². The summed E-state index contributed by atoms with van der Waals surface area (Å²) in [7, 11) is 3.43. The summed E-state index contributed by atoms with van der Waals surface area (Å²) in [5, 5.41) is 0. The maximum Gasteiger partial charge on any atom is 0.280 e. The van der Waals surface area contributed by atoms with Crippen LogP contribution >= 0.6 is 12.2 Å². The van der Waals surface area contributed by atoms with Crippen molar-refractivity contribution in [3.8, 4) is 0 Å². The molecule has 0 aliphatic rings. The molecule has 0 saturated carbocycles. The van der Waals surface area contributed by atoms with Crippen molar-refractivity contribution in [2.24, 2.45) is 14.1 Å². The number of aromatic amines is 1. The van der Waals surface area contributed by atoms with E-state index in [1.807, 2.05) is 0 Å². The molecule has 2 rings (SSSR count). The highest BCUT2D eigenvalue weighted by Gasteiger charge is 2.06. The van der Waals surface area contributed by atoms with Crippen molar-refractivity contribution in [1.29, 1.82) is 0 Å². The Bertz CT molecular complexity index is 576. The van der Waals surface area contributed by atoms with Gasteiger partial charge >= 0.3 is 0 Å². The molecule has 5 nitrogen and oxygen atoms in total. The van der Waals surface area contributed by atoms with Crippen LogP contribution in [0.1, 0.15) is 0 Å². The van der Waals surface area contributed by atoms with Crippen LogP contribution in [0.25, 0.3) is 11.2 Å². The fourth-order valence-corrected chi connectivity index (χ4v) is 1.44. The smallest absolute Gasteiger partial charge is 0.280 e. The van der Waals surface area contributed by atoms with Crippen molar-refractivity contribution in [2.75, 3.05) is 0 Å². The molecule has 0 aromatic carbocycles. The predicted molar refractivity (Wildman–Crippen MR) is 51.1 cm³/mol. The van der Waals surface area contributed by atoms with Gasteiger partial charge in [-0.25, -0.2) is 4.98 Å². The molecule has 0 bridgehead atoms. The zero-order valence-electron chi connectivity index (χ0n) is 7.24. The first-order valence-electron chi connectivity index (χ1n) is 3.72. The molecule has 0 aliphatic heterocycles. The molecule has 1 N–H and O–H groups in total. The molecular formula is C7H8N4OS. The minimum absolute atomic E-state index is 0.143.